The van der Waals surface area contributed by atoms with Gasteiger partial charge in [0.15, 0.2) is 22.9 Å². The molecule has 0 bridgehead atoms. The van der Waals surface area contributed by atoms with Crippen molar-refractivity contribution in [2.45, 2.75) is 113 Å². The monoisotopic (exact) mass is 667 g/mol. The Hall–Kier alpha value is -3.73. The summed E-state index contributed by atoms with van der Waals surface area (Å²) in [7, 11) is 0. The molecule has 0 aromatic carbocycles. The van der Waals surface area contributed by atoms with Crippen molar-refractivity contribution < 1.29 is 14.4 Å². The highest BCUT2D eigenvalue weighted by Crippen LogP contribution is 2.55. The summed E-state index contributed by atoms with van der Waals surface area (Å²) in [6, 6.07) is 3.12. The Morgan fingerprint density at radius 3 is 2.69 bits per heavy atom. The molecule has 13 heteroatoms. The van der Waals surface area contributed by atoms with E-state index in [1.807, 2.05) is 6.92 Å². The quantitative estimate of drug-likeness (QED) is 0.308. The molecule has 3 fully saturated rings. The third kappa shape index (κ3) is 4.05. The van der Waals surface area contributed by atoms with Crippen LogP contribution in [-0.4, -0.2) is 78.8 Å². The summed E-state index contributed by atoms with van der Waals surface area (Å²) in [5.41, 5.74) is 9.28. The first kappa shape index (κ1) is 29.2. The van der Waals surface area contributed by atoms with Gasteiger partial charge < -0.3 is 25.0 Å². The van der Waals surface area contributed by atoms with Crippen molar-refractivity contribution in [3.63, 3.8) is 0 Å². The number of nitrogen functional groups attached to an aromatic ring is 1. The molecule has 6 aliphatic rings. The summed E-state index contributed by atoms with van der Waals surface area (Å²) in [5, 5.41) is 32.8. The Morgan fingerprint density at radius 1 is 1.04 bits per heavy atom. The molecule has 3 N–H and O–H groups in total. The average Bonchev–Trinajstić information content (AvgIpc) is 3.82. The van der Waals surface area contributed by atoms with Gasteiger partial charge in [0.25, 0.3) is 0 Å². The van der Waals surface area contributed by atoms with Crippen LogP contribution in [-0.2, 0) is 18.3 Å². The van der Waals surface area contributed by atoms with Crippen LogP contribution >= 0.6 is 11.3 Å². The lowest BCUT2D eigenvalue weighted by Gasteiger charge is -2.42. The van der Waals surface area contributed by atoms with Gasteiger partial charge in [-0.2, -0.15) is 5.26 Å². The van der Waals surface area contributed by atoms with Crippen LogP contribution in [0.1, 0.15) is 105 Å². The fraction of sp³-hybridized carbons (Fsp3) is 0.629. The molecule has 7 heterocycles. The highest BCUT2D eigenvalue weighted by molar-refractivity contribution is 7.16. The van der Waals surface area contributed by atoms with Crippen molar-refractivity contribution in [1.29, 1.82) is 5.26 Å². The predicted molar refractivity (Wildman–Crippen MR) is 180 cm³/mol. The van der Waals surface area contributed by atoms with E-state index in [0.717, 1.165) is 111 Å². The number of thiophene rings is 1. The van der Waals surface area contributed by atoms with Crippen LogP contribution in [0.15, 0.2) is 4.52 Å². The zero-order chi connectivity index (χ0) is 32.4. The molecular weight excluding hydrogens is 627 g/mol. The number of likely N-dealkylation sites (tertiary alicyclic amines) is 1. The van der Waals surface area contributed by atoms with Gasteiger partial charge in [0, 0.05) is 23.0 Å². The molecule has 1 saturated carbocycles. The number of rotatable bonds is 3. The van der Waals surface area contributed by atoms with Gasteiger partial charge in [0.2, 0.25) is 5.88 Å². The first-order valence-electron chi connectivity index (χ1n) is 17.8. The van der Waals surface area contributed by atoms with E-state index in [1.54, 1.807) is 11.3 Å². The molecule has 3 aliphatic heterocycles. The van der Waals surface area contributed by atoms with E-state index in [1.165, 1.54) is 11.3 Å². The number of hydrogen-bond donors (Lipinski definition) is 2. The first-order chi connectivity index (χ1) is 23.3. The molecule has 10 rings (SSSR count). The zero-order valence-electron chi connectivity index (χ0n) is 27.4. The maximum Gasteiger partial charge on any atom is 0.246 e. The highest BCUT2D eigenvalue weighted by Gasteiger charge is 2.49. The number of aliphatic hydroxyl groups is 1. The van der Waals surface area contributed by atoms with Crippen LogP contribution in [0.2, 0.25) is 0 Å². The Kier molecular flexibility index (Phi) is 6.32. The van der Waals surface area contributed by atoms with E-state index in [9.17, 15) is 10.4 Å². The highest BCUT2D eigenvalue weighted by atomic mass is 32.1. The average molecular weight is 668 g/mol. The van der Waals surface area contributed by atoms with Crippen molar-refractivity contribution >= 4 is 33.2 Å². The van der Waals surface area contributed by atoms with Crippen LogP contribution in [0, 0.1) is 11.3 Å². The standard InChI is InChI=1S/C35H41N9O3S/c1-34(45)13-10-19-17-46-33-25-31(43(19)18-34)38-30(39-32(25)44(40-33)23-8-2-7-22(23)42-14-5-15-42)27-20-6-3-11-35(28(20)47-41-27)12-4-9-24-26(35)21(16-36)29(37)48-24/h19,22-23,45H,2-15,17-18,37H2,1H3/t19-,22-,23-,34-,35+/m1/s1. The largest absolute Gasteiger partial charge is 0.474 e. The molecule has 5 atom stereocenters. The van der Waals surface area contributed by atoms with Crippen LogP contribution < -0.4 is 15.4 Å². The summed E-state index contributed by atoms with van der Waals surface area (Å²) >= 11 is 1.55. The van der Waals surface area contributed by atoms with E-state index in [-0.39, 0.29) is 12.1 Å². The van der Waals surface area contributed by atoms with Gasteiger partial charge in [0.1, 0.15) is 28.9 Å². The fourth-order valence-electron chi connectivity index (χ4n) is 9.96. The van der Waals surface area contributed by atoms with Gasteiger partial charge in [-0.15, -0.1) is 16.4 Å². The van der Waals surface area contributed by atoms with Crippen LogP contribution in [0.3, 0.4) is 0 Å². The minimum absolute atomic E-state index is 0.0720. The SMILES string of the molecule is C[C@@]1(O)CC[C@@H]2COc3nn([C@@H]4CCC[C@H]4N4CCC4)c4nc(-c5noc6c5CCC[C@@]65CCCc6sc(N)c(C#N)c65)nc(c34)N2C1. The van der Waals surface area contributed by atoms with Crippen molar-refractivity contribution in [3.8, 4) is 23.5 Å². The Balaban J connectivity index is 1.17. The van der Waals surface area contributed by atoms with Crippen molar-refractivity contribution in [2.75, 3.05) is 36.9 Å². The number of nitrogens with two attached hydrogens (primary N) is 1. The van der Waals surface area contributed by atoms with E-state index in [4.69, 9.17) is 35.2 Å². The number of fused-ring (bicyclic) bond motifs is 6. The molecule has 0 amide bonds. The molecule has 3 aliphatic carbocycles. The molecular formula is C35H41N9O3S. The van der Waals surface area contributed by atoms with Gasteiger partial charge in [-0.05, 0) is 103 Å². The summed E-state index contributed by atoms with van der Waals surface area (Å²) in [6.07, 6.45) is 11.6. The maximum absolute atomic E-state index is 11.3. The number of aryl methyl sites for hydroxylation is 1. The minimum Gasteiger partial charge on any atom is -0.474 e. The Morgan fingerprint density at radius 2 is 1.88 bits per heavy atom. The lowest BCUT2D eigenvalue weighted by atomic mass is 9.63. The number of nitriles is 1. The van der Waals surface area contributed by atoms with Crippen molar-refractivity contribution in [1.82, 2.24) is 29.8 Å². The summed E-state index contributed by atoms with van der Waals surface area (Å²) in [6.45, 7) is 5.13. The number of aromatic nitrogens is 5. The molecule has 0 radical (unpaired) electrons. The topological polar surface area (TPSA) is 155 Å². The molecule has 0 unspecified atom stereocenters. The molecule has 250 valence electrons. The van der Waals surface area contributed by atoms with E-state index >= 15 is 0 Å². The molecule has 48 heavy (non-hydrogen) atoms. The van der Waals surface area contributed by atoms with Gasteiger partial charge >= 0.3 is 0 Å². The number of piperidine rings is 1. The lowest BCUT2D eigenvalue weighted by molar-refractivity contribution is 0.0321. The van der Waals surface area contributed by atoms with Crippen LogP contribution in [0.4, 0.5) is 10.8 Å². The van der Waals surface area contributed by atoms with Crippen molar-refractivity contribution in [3.05, 3.63) is 27.3 Å². The maximum atomic E-state index is 11.3. The van der Waals surface area contributed by atoms with Crippen LogP contribution in [0.25, 0.3) is 22.6 Å². The zero-order valence-corrected chi connectivity index (χ0v) is 28.2. The fourth-order valence-corrected chi connectivity index (χ4v) is 11.1. The third-order valence-corrected chi connectivity index (χ3v) is 13.4. The lowest BCUT2D eigenvalue weighted by Crippen LogP contribution is -2.53. The van der Waals surface area contributed by atoms with Gasteiger partial charge in [0.05, 0.1) is 28.7 Å². The predicted octanol–water partition coefficient (Wildman–Crippen LogP) is 4.87. The van der Waals surface area contributed by atoms with Gasteiger partial charge in [-0.3, -0.25) is 4.90 Å². The smallest absolute Gasteiger partial charge is 0.246 e. The molecule has 4 aromatic rings. The molecule has 4 aromatic heterocycles. The van der Waals surface area contributed by atoms with Gasteiger partial charge in [-0.1, -0.05) is 5.16 Å². The van der Waals surface area contributed by atoms with E-state index in [2.05, 4.69) is 20.6 Å². The summed E-state index contributed by atoms with van der Waals surface area (Å²) < 4.78 is 15.0. The number of ether oxygens (including phenoxy) is 1. The van der Waals surface area contributed by atoms with E-state index in [0.29, 0.717) is 53.6 Å². The number of hydrogen-bond acceptors (Lipinski definition) is 12. The minimum atomic E-state index is -0.846. The molecule has 2 saturated heterocycles. The second-order valence-electron chi connectivity index (χ2n) is 15.3. The van der Waals surface area contributed by atoms with Gasteiger partial charge in [-0.25, -0.2) is 14.6 Å². The number of anilines is 2. The van der Waals surface area contributed by atoms with Crippen molar-refractivity contribution in [2.24, 2.45) is 0 Å². The summed E-state index contributed by atoms with van der Waals surface area (Å²) in [4.78, 5) is 16.6. The normalized spacial score (nSPS) is 31.1. The molecule has 12 nitrogen and oxygen atoms in total. The number of nitrogens with zero attached hydrogens (tertiary/aromatic N) is 8. The third-order valence-electron chi connectivity index (χ3n) is 12.3. The van der Waals surface area contributed by atoms with Crippen LogP contribution in [0.5, 0.6) is 5.88 Å². The Bertz CT molecular complexity index is 2000. The first-order valence-corrected chi connectivity index (χ1v) is 18.6. The second kappa shape index (κ2) is 10.4. The van der Waals surface area contributed by atoms with E-state index < -0.39 is 11.0 Å². The summed E-state index contributed by atoms with van der Waals surface area (Å²) in [5.74, 6) is 2.72. The Labute approximate surface area is 282 Å². The molecule has 1 spiro atoms. The second-order valence-corrected chi connectivity index (χ2v) is 16.4.